The van der Waals surface area contributed by atoms with Gasteiger partial charge in [0.25, 0.3) is 11.7 Å². The van der Waals surface area contributed by atoms with E-state index < -0.39 is 11.7 Å². The largest absolute Gasteiger partial charge is 0.497 e. The molecule has 1 amide bonds. The summed E-state index contributed by atoms with van der Waals surface area (Å²) < 4.78 is 10.4. The molecule has 0 bridgehead atoms. The quantitative estimate of drug-likeness (QED) is 0.559. The molecule has 0 saturated carbocycles. The number of furan rings is 1. The predicted octanol–water partition coefficient (Wildman–Crippen LogP) is 2.98. The molecule has 0 fully saturated rings. The lowest BCUT2D eigenvalue weighted by molar-refractivity contribution is -0.116. The van der Waals surface area contributed by atoms with Gasteiger partial charge in [-0.2, -0.15) is 0 Å². The first-order chi connectivity index (χ1) is 11.7. The molecule has 122 valence electrons. The van der Waals surface area contributed by atoms with Crippen LogP contribution in [-0.4, -0.2) is 25.3 Å². The van der Waals surface area contributed by atoms with Crippen molar-refractivity contribution in [1.29, 1.82) is 0 Å². The number of para-hydroxylation sites is 1. The summed E-state index contributed by atoms with van der Waals surface area (Å²) in [5.74, 6) is -0.436. The predicted molar refractivity (Wildman–Crippen MR) is 90.3 cm³/mol. The van der Waals surface area contributed by atoms with Crippen molar-refractivity contribution in [2.24, 2.45) is 0 Å². The fourth-order valence-corrected chi connectivity index (χ4v) is 2.47. The Balaban J connectivity index is 1.59. The van der Waals surface area contributed by atoms with Crippen LogP contribution in [0.25, 0.3) is 11.0 Å². The summed E-state index contributed by atoms with van der Waals surface area (Å²) in [5.41, 5.74) is 1.93. The van der Waals surface area contributed by atoms with Gasteiger partial charge in [-0.3, -0.25) is 9.59 Å². The zero-order valence-corrected chi connectivity index (χ0v) is 13.2. The first kappa shape index (κ1) is 15.8. The Labute approximate surface area is 139 Å². The summed E-state index contributed by atoms with van der Waals surface area (Å²) in [7, 11) is 1.61. The third-order valence-electron chi connectivity index (χ3n) is 3.79. The van der Waals surface area contributed by atoms with Gasteiger partial charge in [-0.05, 0) is 30.2 Å². The van der Waals surface area contributed by atoms with Gasteiger partial charge in [0.05, 0.1) is 12.7 Å². The van der Waals surface area contributed by atoms with Crippen LogP contribution in [0, 0.1) is 0 Å². The van der Waals surface area contributed by atoms with E-state index in [0.29, 0.717) is 23.9 Å². The van der Waals surface area contributed by atoms with Crippen LogP contribution in [0.1, 0.15) is 15.9 Å². The minimum absolute atomic E-state index is 0.285. The highest BCUT2D eigenvalue weighted by molar-refractivity contribution is 6.44. The molecule has 5 nitrogen and oxygen atoms in total. The normalized spacial score (nSPS) is 10.5. The molecule has 5 heteroatoms. The zero-order chi connectivity index (χ0) is 16.9. The number of methoxy groups -OCH3 is 1. The fraction of sp³-hybridized carbons (Fsp3) is 0.158. The van der Waals surface area contributed by atoms with Crippen LogP contribution < -0.4 is 10.1 Å². The molecule has 0 aliphatic rings. The van der Waals surface area contributed by atoms with Gasteiger partial charge < -0.3 is 14.5 Å². The van der Waals surface area contributed by atoms with Gasteiger partial charge in [0.1, 0.15) is 17.6 Å². The number of benzene rings is 2. The summed E-state index contributed by atoms with van der Waals surface area (Å²) in [6.45, 7) is 0.382. The number of Topliss-reactive ketones (excluding diaryl/α,β-unsaturated/α-hetero) is 1. The number of fused-ring (bicyclic) bond motifs is 1. The highest BCUT2D eigenvalue weighted by atomic mass is 16.5. The molecule has 0 radical (unpaired) electrons. The van der Waals surface area contributed by atoms with Gasteiger partial charge in [-0.15, -0.1) is 0 Å². The summed E-state index contributed by atoms with van der Waals surface area (Å²) in [4.78, 5) is 24.3. The van der Waals surface area contributed by atoms with E-state index in [9.17, 15) is 9.59 Å². The molecule has 0 aliphatic carbocycles. The Hall–Kier alpha value is -3.08. The molecule has 0 unspecified atom stereocenters. The molecule has 3 rings (SSSR count). The Bertz CT molecular complexity index is 864. The number of amides is 1. The number of ketones is 1. The Morgan fingerprint density at radius 3 is 2.58 bits per heavy atom. The van der Waals surface area contributed by atoms with E-state index in [0.717, 1.165) is 11.3 Å². The molecule has 0 saturated heterocycles. The second-order valence-electron chi connectivity index (χ2n) is 5.33. The number of carbonyl (C=O) groups excluding carboxylic acids is 2. The smallest absolute Gasteiger partial charge is 0.292 e. The van der Waals surface area contributed by atoms with Crippen molar-refractivity contribution < 1.29 is 18.7 Å². The number of carbonyl (C=O) groups is 2. The molecule has 24 heavy (non-hydrogen) atoms. The van der Waals surface area contributed by atoms with Crippen LogP contribution in [0.15, 0.2) is 59.2 Å². The van der Waals surface area contributed by atoms with E-state index in [1.165, 1.54) is 6.26 Å². The van der Waals surface area contributed by atoms with Gasteiger partial charge in [-0.1, -0.05) is 30.3 Å². The molecule has 0 atom stereocenters. The summed E-state index contributed by atoms with van der Waals surface area (Å²) in [5, 5.41) is 3.30. The number of nitrogens with one attached hydrogen (secondary N) is 1. The van der Waals surface area contributed by atoms with Gasteiger partial charge in [0.2, 0.25) is 0 Å². The van der Waals surface area contributed by atoms with Crippen molar-refractivity contribution in [3.63, 3.8) is 0 Å². The van der Waals surface area contributed by atoms with Gasteiger partial charge in [0.15, 0.2) is 0 Å². The minimum Gasteiger partial charge on any atom is -0.497 e. The highest BCUT2D eigenvalue weighted by Gasteiger charge is 2.20. The summed E-state index contributed by atoms with van der Waals surface area (Å²) in [6.07, 6.45) is 1.96. The van der Waals surface area contributed by atoms with Gasteiger partial charge in [0, 0.05) is 11.9 Å². The van der Waals surface area contributed by atoms with Crippen LogP contribution in [-0.2, 0) is 11.2 Å². The third kappa shape index (κ3) is 3.30. The van der Waals surface area contributed by atoms with Crippen LogP contribution in [0.4, 0.5) is 0 Å². The van der Waals surface area contributed by atoms with E-state index >= 15 is 0 Å². The lowest BCUT2D eigenvalue weighted by Crippen LogP contribution is -2.32. The maximum absolute atomic E-state index is 12.3. The fourth-order valence-electron chi connectivity index (χ4n) is 2.47. The van der Waals surface area contributed by atoms with Crippen LogP contribution >= 0.6 is 0 Å². The number of hydrogen-bond acceptors (Lipinski definition) is 4. The third-order valence-corrected chi connectivity index (χ3v) is 3.79. The van der Waals surface area contributed by atoms with Crippen molar-refractivity contribution in [3.05, 3.63) is 65.9 Å². The van der Waals surface area contributed by atoms with E-state index in [4.69, 9.17) is 9.15 Å². The molecule has 1 N–H and O–H groups in total. The van der Waals surface area contributed by atoms with E-state index in [-0.39, 0.29) is 5.56 Å². The first-order valence-electron chi connectivity index (χ1n) is 7.60. The Kier molecular flexibility index (Phi) is 4.61. The van der Waals surface area contributed by atoms with Crippen molar-refractivity contribution in [1.82, 2.24) is 5.32 Å². The first-order valence-corrected chi connectivity index (χ1v) is 7.60. The number of rotatable bonds is 6. The minimum atomic E-state index is -0.630. The van der Waals surface area contributed by atoms with E-state index in [2.05, 4.69) is 5.32 Å². The average Bonchev–Trinajstić information content (AvgIpc) is 3.05. The number of hydrogen-bond donors (Lipinski definition) is 1. The monoisotopic (exact) mass is 323 g/mol. The maximum atomic E-state index is 12.3. The van der Waals surface area contributed by atoms with Crippen molar-refractivity contribution >= 4 is 22.7 Å². The topological polar surface area (TPSA) is 68.5 Å². The Morgan fingerprint density at radius 2 is 1.83 bits per heavy atom. The summed E-state index contributed by atoms with van der Waals surface area (Å²) in [6, 6.07) is 14.7. The van der Waals surface area contributed by atoms with Crippen molar-refractivity contribution in [3.8, 4) is 5.75 Å². The average molecular weight is 323 g/mol. The standard InChI is InChI=1S/C19H17NO4/c1-23-14-8-6-13(7-9-14)10-11-20-19(22)18(21)16-12-24-17-5-3-2-4-15(16)17/h2-9,12H,10-11H2,1H3,(H,20,22). The second kappa shape index (κ2) is 7.00. The van der Waals surface area contributed by atoms with Crippen molar-refractivity contribution in [2.45, 2.75) is 6.42 Å². The molecule has 1 aromatic heterocycles. The molecule has 3 aromatic rings. The Morgan fingerprint density at radius 1 is 1.08 bits per heavy atom. The van der Waals surface area contributed by atoms with Crippen LogP contribution in [0.5, 0.6) is 5.75 Å². The molecule has 1 heterocycles. The molecular formula is C19H17NO4. The lowest BCUT2D eigenvalue weighted by Gasteiger charge is -2.05. The number of ether oxygens (including phenoxy) is 1. The molecule has 0 aliphatic heterocycles. The maximum Gasteiger partial charge on any atom is 0.292 e. The summed E-state index contributed by atoms with van der Waals surface area (Å²) >= 11 is 0. The van der Waals surface area contributed by atoms with Crippen LogP contribution in [0.2, 0.25) is 0 Å². The zero-order valence-electron chi connectivity index (χ0n) is 13.2. The SMILES string of the molecule is COc1ccc(CCNC(=O)C(=O)c2coc3ccccc23)cc1. The molecular weight excluding hydrogens is 306 g/mol. The van der Waals surface area contributed by atoms with Gasteiger partial charge in [-0.25, -0.2) is 0 Å². The molecule has 0 spiro atoms. The van der Waals surface area contributed by atoms with Crippen molar-refractivity contribution in [2.75, 3.05) is 13.7 Å². The lowest BCUT2D eigenvalue weighted by atomic mass is 10.1. The highest BCUT2D eigenvalue weighted by Crippen LogP contribution is 2.21. The van der Waals surface area contributed by atoms with Gasteiger partial charge >= 0.3 is 0 Å². The van der Waals surface area contributed by atoms with E-state index in [1.807, 2.05) is 30.3 Å². The van der Waals surface area contributed by atoms with Crippen LogP contribution in [0.3, 0.4) is 0 Å². The second-order valence-corrected chi connectivity index (χ2v) is 5.33. The molecule has 2 aromatic carbocycles. The van der Waals surface area contributed by atoms with E-state index in [1.54, 1.807) is 25.3 Å².